The third-order valence-corrected chi connectivity index (χ3v) is 1.95. The molecular formula is C9H9ClF3NO. The summed E-state index contributed by atoms with van der Waals surface area (Å²) in [5, 5.41) is 0.370. The quantitative estimate of drug-likeness (QED) is 0.785. The van der Waals surface area contributed by atoms with E-state index < -0.39 is 6.36 Å². The van der Waals surface area contributed by atoms with Gasteiger partial charge in [-0.3, -0.25) is 0 Å². The summed E-state index contributed by atoms with van der Waals surface area (Å²) >= 11 is 5.78. The molecule has 0 N–H and O–H groups in total. The first-order valence-corrected chi connectivity index (χ1v) is 4.40. The van der Waals surface area contributed by atoms with E-state index in [4.69, 9.17) is 11.6 Å². The molecule has 15 heavy (non-hydrogen) atoms. The fourth-order valence-corrected chi connectivity index (χ4v) is 1.32. The molecule has 0 saturated carbocycles. The molecule has 0 saturated heterocycles. The third kappa shape index (κ3) is 3.51. The Bertz CT molecular complexity index is 352. The van der Waals surface area contributed by atoms with E-state index in [1.54, 1.807) is 19.0 Å². The molecule has 0 heterocycles. The van der Waals surface area contributed by atoms with Gasteiger partial charge >= 0.3 is 6.36 Å². The van der Waals surface area contributed by atoms with E-state index in [0.717, 1.165) is 0 Å². The lowest BCUT2D eigenvalue weighted by Crippen LogP contribution is -2.17. The van der Waals surface area contributed by atoms with E-state index in [1.165, 1.54) is 18.2 Å². The number of alkyl halides is 3. The maximum atomic E-state index is 11.9. The predicted octanol–water partition coefficient (Wildman–Crippen LogP) is 3.30. The smallest absolute Gasteiger partial charge is 0.406 e. The average Bonchev–Trinajstić information content (AvgIpc) is 2.05. The number of hydrogen-bond donors (Lipinski definition) is 0. The molecule has 2 nitrogen and oxygen atoms in total. The van der Waals surface area contributed by atoms with Crippen LogP contribution in [0.4, 0.5) is 18.9 Å². The van der Waals surface area contributed by atoms with E-state index in [-0.39, 0.29) is 5.75 Å². The average molecular weight is 240 g/mol. The molecule has 1 aromatic carbocycles. The normalized spacial score (nSPS) is 11.3. The highest BCUT2D eigenvalue weighted by molar-refractivity contribution is 6.33. The lowest BCUT2D eigenvalue weighted by molar-refractivity contribution is -0.274. The van der Waals surface area contributed by atoms with Crippen molar-refractivity contribution in [1.29, 1.82) is 0 Å². The minimum absolute atomic E-state index is 0.282. The fraction of sp³-hybridized carbons (Fsp3) is 0.333. The molecule has 0 unspecified atom stereocenters. The molecule has 0 spiro atoms. The van der Waals surface area contributed by atoms with Crippen LogP contribution in [0.1, 0.15) is 0 Å². The highest BCUT2D eigenvalue weighted by atomic mass is 35.5. The summed E-state index contributed by atoms with van der Waals surface area (Å²) in [6, 6.07) is 3.76. The van der Waals surface area contributed by atoms with Gasteiger partial charge in [-0.25, -0.2) is 0 Å². The summed E-state index contributed by atoms with van der Waals surface area (Å²) in [6.45, 7) is 0. The summed E-state index contributed by atoms with van der Waals surface area (Å²) in [5.41, 5.74) is 0.471. The lowest BCUT2D eigenvalue weighted by Gasteiger charge is -2.16. The lowest BCUT2D eigenvalue weighted by atomic mass is 10.3. The molecule has 1 rings (SSSR count). The molecular weight excluding hydrogens is 231 g/mol. The molecule has 0 aliphatic rings. The second-order valence-corrected chi connectivity index (χ2v) is 3.46. The Morgan fingerprint density at radius 1 is 1.27 bits per heavy atom. The van der Waals surface area contributed by atoms with E-state index in [2.05, 4.69) is 4.74 Å². The first-order chi connectivity index (χ1) is 6.79. The number of rotatable bonds is 2. The summed E-state index contributed by atoms with van der Waals surface area (Å²) in [4.78, 5) is 1.60. The molecule has 0 radical (unpaired) electrons. The van der Waals surface area contributed by atoms with Gasteiger partial charge in [-0.1, -0.05) is 11.6 Å². The predicted molar refractivity (Wildman–Crippen MR) is 52.5 cm³/mol. The van der Waals surface area contributed by atoms with Gasteiger partial charge in [0.05, 0.1) is 10.7 Å². The molecule has 0 amide bonds. The molecule has 1 aromatic rings. The zero-order valence-electron chi connectivity index (χ0n) is 8.10. The number of nitrogens with zero attached hydrogens (tertiary/aromatic N) is 1. The van der Waals surface area contributed by atoms with Crippen LogP contribution in [0, 0.1) is 0 Å². The van der Waals surface area contributed by atoms with Gasteiger partial charge in [0.2, 0.25) is 0 Å². The summed E-state index contributed by atoms with van der Waals surface area (Å²) in [5.74, 6) is -0.282. The van der Waals surface area contributed by atoms with Gasteiger partial charge < -0.3 is 9.64 Å². The number of ether oxygens (including phenoxy) is 1. The van der Waals surface area contributed by atoms with Crippen molar-refractivity contribution in [1.82, 2.24) is 0 Å². The van der Waals surface area contributed by atoms with Crippen molar-refractivity contribution < 1.29 is 17.9 Å². The Hall–Kier alpha value is -1.10. The van der Waals surface area contributed by atoms with Crippen molar-refractivity contribution in [2.75, 3.05) is 19.0 Å². The van der Waals surface area contributed by atoms with Gasteiger partial charge in [0.1, 0.15) is 5.75 Å². The Morgan fingerprint density at radius 3 is 2.33 bits per heavy atom. The topological polar surface area (TPSA) is 12.5 Å². The zero-order valence-corrected chi connectivity index (χ0v) is 8.86. The molecule has 0 atom stereocenters. The maximum Gasteiger partial charge on any atom is 0.573 e. The van der Waals surface area contributed by atoms with Crippen LogP contribution in [0.2, 0.25) is 5.02 Å². The molecule has 0 aliphatic carbocycles. The van der Waals surface area contributed by atoms with Crippen LogP contribution in [0.15, 0.2) is 18.2 Å². The third-order valence-electron chi connectivity index (χ3n) is 1.63. The summed E-state index contributed by atoms with van der Waals surface area (Å²) in [7, 11) is 3.36. The molecule has 0 aliphatic heterocycles. The number of halogens is 4. The number of anilines is 1. The van der Waals surface area contributed by atoms with E-state index in [1.807, 2.05) is 0 Å². The van der Waals surface area contributed by atoms with Crippen LogP contribution in [-0.2, 0) is 0 Å². The van der Waals surface area contributed by atoms with E-state index >= 15 is 0 Å². The van der Waals surface area contributed by atoms with Gasteiger partial charge in [0.15, 0.2) is 0 Å². The van der Waals surface area contributed by atoms with Gasteiger partial charge in [0.25, 0.3) is 0 Å². The molecule has 0 bridgehead atoms. The van der Waals surface area contributed by atoms with Crippen LogP contribution >= 0.6 is 11.6 Å². The highest BCUT2D eigenvalue weighted by Crippen LogP contribution is 2.31. The van der Waals surface area contributed by atoms with E-state index in [9.17, 15) is 13.2 Å². The Kier molecular flexibility index (Phi) is 3.34. The van der Waals surface area contributed by atoms with Crippen molar-refractivity contribution in [2.24, 2.45) is 0 Å². The van der Waals surface area contributed by atoms with E-state index in [0.29, 0.717) is 10.7 Å². The van der Waals surface area contributed by atoms with Gasteiger partial charge in [-0.15, -0.1) is 13.2 Å². The maximum absolute atomic E-state index is 11.9. The van der Waals surface area contributed by atoms with Gasteiger partial charge in [-0.2, -0.15) is 0 Å². The van der Waals surface area contributed by atoms with Crippen molar-refractivity contribution in [3.8, 4) is 5.75 Å². The van der Waals surface area contributed by atoms with Gasteiger partial charge in [0, 0.05) is 20.2 Å². The fourth-order valence-electron chi connectivity index (χ4n) is 1.03. The monoisotopic (exact) mass is 239 g/mol. The van der Waals surface area contributed by atoms with Gasteiger partial charge in [-0.05, 0) is 12.1 Å². The SMILES string of the molecule is CN(C)c1cc(OC(F)(F)F)ccc1Cl. The molecule has 6 heteroatoms. The largest absolute Gasteiger partial charge is 0.573 e. The Labute approximate surface area is 90.2 Å². The summed E-state index contributed by atoms with van der Waals surface area (Å²) in [6.07, 6.45) is -4.68. The van der Waals surface area contributed by atoms with Crippen molar-refractivity contribution >= 4 is 17.3 Å². The van der Waals surface area contributed by atoms with Crippen LogP contribution in [0.25, 0.3) is 0 Å². The summed E-state index contributed by atoms with van der Waals surface area (Å²) < 4.78 is 39.5. The van der Waals surface area contributed by atoms with Crippen molar-refractivity contribution in [2.45, 2.75) is 6.36 Å². The second kappa shape index (κ2) is 4.18. The van der Waals surface area contributed by atoms with Crippen molar-refractivity contribution in [3.05, 3.63) is 23.2 Å². The van der Waals surface area contributed by atoms with Crippen LogP contribution in [0.3, 0.4) is 0 Å². The Morgan fingerprint density at radius 2 is 1.87 bits per heavy atom. The minimum Gasteiger partial charge on any atom is -0.406 e. The highest BCUT2D eigenvalue weighted by Gasteiger charge is 2.31. The van der Waals surface area contributed by atoms with Crippen molar-refractivity contribution in [3.63, 3.8) is 0 Å². The first kappa shape index (κ1) is 12.0. The Balaban J connectivity index is 2.98. The van der Waals surface area contributed by atoms with Crippen LogP contribution in [0.5, 0.6) is 5.75 Å². The molecule has 0 fully saturated rings. The molecule has 0 aromatic heterocycles. The number of benzene rings is 1. The second-order valence-electron chi connectivity index (χ2n) is 3.06. The zero-order chi connectivity index (χ0) is 11.6. The first-order valence-electron chi connectivity index (χ1n) is 4.02. The standard InChI is InChI=1S/C9H9ClF3NO/c1-14(2)8-5-6(3-4-7(8)10)15-9(11,12)13/h3-5H,1-2H3. The minimum atomic E-state index is -4.68. The van der Waals surface area contributed by atoms with Crippen LogP contribution < -0.4 is 9.64 Å². The molecule has 84 valence electrons. The number of hydrogen-bond acceptors (Lipinski definition) is 2. The van der Waals surface area contributed by atoms with Crippen LogP contribution in [-0.4, -0.2) is 20.5 Å².